The highest BCUT2D eigenvalue weighted by Crippen LogP contribution is 2.38. The van der Waals surface area contributed by atoms with E-state index in [0.29, 0.717) is 11.9 Å². The second-order valence-electron chi connectivity index (χ2n) is 5.37. The molecule has 1 spiro atoms. The number of nitrogens with one attached hydrogen (secondary N) is 1. The highest BCUT2D eigenvalue weighted by molar-refractivity contribution is 5.96. The maximum absolute atomic E-state index is 6.16. The largest absolute Gasteiger partial charge is 0.357 e. The zero-order valence-electron chi connectivity index (χ0n) is 11.2. The van der Waals surface area contributed by atoms with Crippen molar-refractivity contribution in [2.24, 2.45) is 16.5 Å². The number of guanidine groups is 2. The van der Waals surface area contributed by atoms with Gasteiger partial charge in [0, 0.05) is 12.8 Å². The van der Waals surface area contributed by atoms with E-state index in [4.69, 9.17) is 11.5 Å². The van der Waals surface area contributed by atoms with Crippen LogP contribution in [0.4, 0.5) is 5.69 Å². The number of rotatable bonds is 1. The van der Waals surface area contributed by atoms with Crippen molar-refractivity contribution in [1.82, 2.24) is 5.32 Å². The molecule has 1 aliphatic carbocycles. The molecule has 1 aliphatic heterocycles. The Labute approximate surface area is 113 Å². The molecule has 5 heteroatoms. The molecule has 1 aromatic rings. The van der Waals surface area contributed by atoms with Gasteiger partial charge in [-0.15, -0.1) is 0 Å². The molecule has 19 heavy (non-hydrogen) atoms. The van der Waals surface area contributed by atoms with Gasteiger partial charge in [-0.2, -0.15) is 4.99 Å². The molecule has 1 aromatic carbocycles. The molecule has 0 atom stereocenters. The molecule has 100 valence electrons. The number of aryl methyl sites for hydroxylation is 1. The van der Waals surface area contributed by atoms with Crippen LogP contribution in [0.2, 0.25) is 0 Å². The predicted molar refractivity (Wildman–Crippen MR) is 76.3 cm³/mol. The molecule has 1 saturated carbocycles. The lowest BCUT2D eigenvalue weighted by molar-refractivity contribution is -0.535. The minimum absolute atomic E-state index is 0.297. The maximum atomic E-state index is 6.16. The van der Waals surface area contributed by atoms with Crippen molar-refractivity contribution in [1.29, 1.82) is 0 Å². The minimum atomic E-state index is -0.297. The van der Waals surface area contributed by atoms with Gasteiger partial charge in [0.25, 0.3) is 5.96 Å². The van der Waals surface area contributed by atoms with Gasteiger partial charge in [-0.1, -0.05) is 17.7 Å². The Morgan fingerprint density at radius 2 is 1.79 bits per heavy atom. The summed E-state index contributed by atoms with van der Waals surface area (Å²) in [5, 5.41) is 2.94. The van der Waals surface area contributed by atoms with E-state index >= 15 is 0 Å². The summed E-state index contributed by atoms with van der Waals surface area (Å²) in [4.78, 5) is 4.65. The van der Waals surface area contributed by atoms with E-state index in [1.807, 2.05) is 0 Å². The summed E-state index contributed by atoms with van der Waals surface area (Å²) in [6.45, 7) is 2.08. The van der Waals surface area contributed by atoms with Gasteiger partial charge >= 0.3 is 5.96 Å². The molecular weight excluding hydrogens is 238 g/mol. The number of nitrogens with two attached hydrogens (primary N) is 2. The van der Waals surface area contributed by atoms with Crippen LogP contribution < -0.4 is 16.8 Å². The van der Waals surface area contributed by atoms with Gasteiger partial charge in [-0.25, -0.2) is 9.89 Å². The average Bonchev–Trinajstić information content (AvgIpc) is 2.79. The van der Waals surface area contributed by atoms with E-state index in [-0.39, 0.29) is 5.66 Å². The van der Waals surface area contributed by atoms with Crippen molar-refractivity contribution in [2.75, 3.05) is 0 Å². The summed E-state index contributed by atoms with van der Waals surface area (Å²) < 4.78 is 2.09. The maximum Gasteiger partial charge on any atom is 0.357 e. The van der Waals surface area contributed by atoms with Crippen LogP contribution in [0, 0.1) is 6.92 Å². The van der Waals surface area contributed by atoms with Gasteiger partial charge in [0.2, 0.25) is 0 Å². The fraction of sp³-hybridized carbons (Fsp3) is 0.429. The first-order valence-corrected chi connectivity index (χ1v) is 6.72. The second-order valence-corrected chi connectivity index (χ2v) is 5.37. The number of hydrogen-bond donors (Lipinski definition) is 3. The molecule has 1 fully saturated rings. The first-order valence-electron chi connectivity index (χ1n) is 6.72. The molecule has 0 bridgehead atoms. The van der Waals surface area contributed by atoms with Crippen LogP contribution in [0.25, 0.3) is 0 Å². The third-order valence-corrected chi connectivity index (χ3v) is 3.94. The lowest BCUT2D eigenvalue weighted by atomic mass is 10.1. The molecular formula is C14H20N5+. The molecule has 2 aliphatic rings. The number of nitrogens with zero attached hydrogens (tertiary/aromatic N) is 2. The lowest BCUT2D eigenvalue weighted by Crippen LogP contribution is -2.57. The summed E-state index contributed by atoms with van der Waals surface area (Å²) >= 11 is 0. The monoisotopic (exact) mass is 258 g/mol. The highest BCUT2D eigenvalue weighted by atomic mass is 15.4. The summed E-state index contributed by atoms with van der Waals surface area (Å²) in [5.74, 6) is 0.987. The fourth-order valence-corrected chi connectivity index (χ4v) is 3.06. The molecule has 5 N–H and O–H groups in total. The summed E-state index contributed by atoms with van der Waals surface area (Å²) in [6.07, 6.45) is 4.30. The van der Waals surface area contributed by atoms with Crippen molar-refractivity contribution >= 4 is 17.6 Å². The first kappa shape index (κ1) is 12.0. The standard InChI is InChI=1S/C14H19N5/c1-10-4-6-11(7-5-10)19-13(16)17-12(15)18-14(19)8-2-3-9-14/h4-7H,2-3,8-9H2,1H3,(H4,15,16,17,18)/p+1. The van der Waals surface area contributed by atoms with Crippen molar-refractivity contribution in [3.8, 4) is 0 Å². The van der Waals surface area contributed by atoms with Gasteiger partial charge in [-0.05, 0) is 31.9 Å². The van der Waals surface area contributed by atoms with Crippen molar-refractivity contribution in [3.63, 3.8) is 0 Å². The predicted octanol–water partition coefficient (Wildman–Crippen LogP) is 1.14. The quantitative estimate of drug-likeness (QED) is 0.661. The van der Waals surface area contributed by atoms with E-state index in [1.165, 1.54) is 5.56 Å². The number of hydrogen-bond acceptors (Lipinski definition) is 4. The molecule has 0 aromatic heterocycles. The Kier molecular flexibility index (Phi) is 2.69. The van der Waals surface area contributed by atoms with Gasteiger partial charge < -0.3 is 5.73 Å². The molecule has 5 nitrogen and oxygen atoms in total. The lowest BCUT2D eigenvalue weighted by Gasteiger charge is -2.31. The van der Waals surface area contributed by atoms with Crippen LogP contribution in [-0.2, 0) is 0 Å². The SMILES string of the molecule is Cc1ccc([N+]2=C(N)NC(N)=NC23CCCC3)cc1. The first-order chi connectivity index (χ1) is 9.11. The van der Waals surface area contributed by atoms with E-state index in [9.17, 15) is 0 Å². The third kappa shape index (κ3) is 1.95. The molecule has 3 rings (SSSR count). The van der Waals surface area contributed by atoms with Crippen LogP contribution in [-0.4, -0.2) is 22.2 Å². The molecule has 0 unspecified atom stereocenters. The van der Waals surface area contributed by atoms with Crippen LogP contribution in [0.15, 0.2) is 29.3 Å². The Bertz CT molecular complexity index is 550. The van der Waals surface area contributed by atoms with Crippen LogP contribution in [0.3, 0.4) is 0 Å². The smallest absolute Gasteiger partial charge is 0.357 e. The summed E-state index contributed by atoms with van der Waals surface area (Å²) in [6, 6.07) is 8.35. The Hall–Kier alpha value is -2.04. The molecule has 0 radical (unpaired) electrons. The van der Waals surface area contributed by atoms with Crippen molar-refractivity contribution in [3.05, 3.63) is 29.8 Å². The van der Waals surface area contributed by atoms with Gasteiger partial charge in [0.1, 0.15) is 5.69 Å². The van der Waals surface area contributed by atoms with Crippen molar-refractivity contribution in [2.45, 2.75) is 38.3 Å². The van der Waals surface area contributed by atoms with Gasteiger partial charge in [0.05, 0.1) is 0 Å². The van der Waals surface area contributed by atoms with E-state index in [2.05, 4.69) is 46.1 Å². The minimum Gasteiger partial charge on any atom is -0.357 e. The van der Waals surface area contributed by atoms with E-state index in [0.717, 1.165) is 31.4 Å². The van der Waals surface area contributed by atoms with Crippen LogP contribution in [0.5, 0.6) is 0 Å². The van der Waals surface area contributed by atoms with E-state index in [1.54, 1.807) is 0 Å². The highest BCUT2D eigenvalue weighted by Gasteiger charge is 2.45. The Balaban J connectivity index is 2.11. The number of benzene rings is 1. The average molecular weight is 258 g/mol. The van der Waals surface area contributed by atoms with Gasteiger partial charge in [-0.3, -0.25) is 5.73 Å². The summed E-state index contributed by atoms with van der Waals surface area (Å²) in [7, 11) is 0. The molecule has 0 amide bonds. The second kappa shape index (κ2) is 4.26. The molecule has 0 saturated heterocycles. The normalized spacial score (nSPS) is 21.4. The van der Waals surface area contributed by atoms with E-state index < -0.39 is 0 Å². The zero-order chi connectivity index (χ0) is 13.5. The van der Waals surface area contributed by atoms with Crippen molar-refractivity contribution < 1.29 is 4.58 Å². The fourth-order valence-electron chi connectivity index (χ4n) is 3.06. The topological polar surface area (TPSA) is 79.4 Å². The number of aliphatic imine (C=N–C) groups is 1. The Morgan fingerprint density at radius 1 is 1.16 bits per heavy atom. The summed E-state index contributed by atoms with van der Waals surface area (Å²) in [5.41, 5.74) is 14.0. The van der Waals surface area contributed by atoms with Gasteiger partial charge in [0.15, 0.2) is 5.66 Å². The molecule has 1 heterocycles. The van der Waals surface area contributed by atoms with Crippen LogP contribution in [0.1, 0.15) is 31.2 Å². The third-order valence-electron chi connectivity index (χ3n) is 3.94. The van der Waals surface area contributed by atoms with Crippen LogP contribution >= 0.6 is 0 Å². The zero-order valence-corrected chi connectivity index (χ0v) is 11.2. The Morgan fingerprint density at radius 3 is 2.42 bits per heavy atom.